The average molecular weight is 515 g/mol. The lowest BCUT2D eigenvalue weighted by atomic mass is 9.46. The van der Waals surface area contributed by atoms with Crippen molar-refractivity contribution >= 4 is 27.4 Å². The molecule has 6 atom stereocenters. The number of rotatable bonds is 4. The topological polar surface area (TPSA) is 71.8 Å². The molecule has 3 fully saturated rings. The van der Waals surface area contributed by atoms with E-state index in [2.05, 4.69) is 46.0 Å². The van der Waals surface area contributed by atoms with E-state index in [1.54, 1.807) is 19.3 Å². The van der Waals surface area contributed by atoms with Crippen LogP contribution in [-0.2, 0) is 16.2 Å². The summed E-state index contributed by atoms with van der Waals surface area (Å²) >= 11 is 3.44. The van der Waals surface area contributed by atoms with Gasteiger partial charge in [-0.05, 0) is 110 Å². The average Bonchev–Trinajstić information content (AvgIpc) is 3.06. The second-order valence-corrected chi connectivity index (χ2v) is 12.2. The van der Waals surface area contributed by atoms with Crippen LogP contribution in [0.3, 0.4) is 0 Å². The summed E-state index contributed by atoms with van der Waals surface area (Å²) in [6.07, 6.45) is 13.8. The van der Waals surface area contributed by atoms with Crippen molar-refractivity contribution in [3.05, 3.63) is 40.1 Å². The van der Waals surface area contributed by atoms with Crippen LogP contribution in [0.5, 0.6) is 0 Å². The van der Waals surface area contributed by atoms with Gasteiger partial charge in [0.1, 0.15) is 12.2 Å². The number of nitrogens with zero attached hydrogens (tertiary/aromatic N) is 2. The van der Waals surface area contributed by atoms with Crippen molar-refractivity contribution in [1.29, 1.82) is 0 Å². The van der Waals surface area contributed by atoms with Gasteiger partial charge in [-0.2, -0.15) is 0 Å². The smallest absolute Gasteiger partial charge is 0.161 e. The summed E-state index contributed by atoms with van der Waals surface area (Å²) < 4.78 is 0.941. The van der Waals surface area contributed by atoms with E-state index >= 15 is 0 Å². The van der Waals surface area contributed by atoms with E-state index in [1.807, 2.05) is 6.07 Å². The van der Waals surface area contributed by atoms with E-state index in [-0.39, 0.29) is 16.6 Å². The van der Waals surface area contributed by atoms with Gasteiger partial charge in [-0.3, -0.25) is 9.78 Å². The van der Waals surface area contributed by atoms with E-state index in [0.29, 0.717) is 30.8 Å². The highest BCUT2D eigenvalue weighted by molar-refractivity contribution is 9.10. The van der Waals surface area contributed by atoms with E-state index in [0.717, 1.165) is 60.7 Å². The fourth-order valence-electron chi connectivity index (χ4n) is 7.96. The Morgan fingerprint density at radius 1 is 1.18 bits per heavy atom. The number of Topliss-reactive ketones (excluding diaryl/α,β-unsaturated/α-hetero) is 1. The Morgan fingerprint density at radius 3 is 2.73 bits per heavy atom. The molecule has 0 unspecified atom stereocenters. The third-order valence-electron chi connectivity index (χ3n) is 9.89. The summed E-state index contributed by atoms with van der Waals surface area (Å²) in [4.78, 5) is 22.3. The van der Waals surface area contributed by atoms with Gasteiger partial charge >= 0.3 is 0 Å². The van der Waals surface area contributed by atoms with Gasteiger partial charge in [0.25, 0.3) is 0 Å². The van der Waals surface area contributed by atoms with Gasteiger partial charge in [0, 0.05) is 27.8 Å². The molecule has 0 amide bonds. The Kier molecular flexibility index (Phi) is 5.84. The number of pyridine rings is 1. The van der Waals surface area contributed by atoms with Crippen molar-refractivity contribution in [1.82, 2.24) is 4.98 Å². The summed E-state index contributed by atoms with van der Waals surface area (Å²) in [6, 6.07) is 2.00. The van der Waals surface area contributed by atoms with Gasteiger partial charge in [-0.25, -0.2) is 0 Å². The van der Waals surface area contributed by atoms with Crippen LogP contribution in [0, 0.1) is 28.6 Å². The molecule has 1 heterocycles. The molecule has 0 saturated heterocycles. The van der Waals surface area contributed by atoms with E-state index in [9.17, 15) is 9.90 Å². The molecule has 1 aromatic rings. The van der Waals surface area contributed by atoms with E-state index in [1.165, 1.54) is 5.57 Å². The number of aliphatic hydroxyl groups is 1. The first-order valence-electron chi connectivity index (χ1n) is 12.4. The molecular weight excluding hydrogens is 480 g/mol. The lowest BCUT2D eigenvalue weighted by Crippen LogP contribution is -2.57. The highest BCUT2D eigenvalue weighted by Crippen LogP contribution is 2.67. The standard InChI is InChI=1S/C27H35BrN2O3/c1-17(31)27(32)11-8-24-22-5-4-19-13-21(30-33-16-18-12-20(28)15-29-14-18)6-9-25(19,2)23(22)7-10-26(24,27)3/h12-15,22-24,32H,4-11,16H2,1-3H3/b30-21+/t22-,23+,24+,25+,26+,27+/m1/s1. The maximum Gasteiger partial charge on any atom is 0.161 e. The number of fused-ring (bicyclic) bond motifs is 5. The summed E-state index contributed by atoms with van der Waals surface area (Å²) in [6.45, 7) is 6.65. The van der Waals surface area contributed by atoms with Gasteiger partial charge in [-0.15, -0.1) is 0 Å². The monoisotopic (exact) mass is 514 g/mol. The van der Waals surface area contributed by atoms with Gasteiger partial charge in [0.2, 0.25) is 0 Å². The Hall–Kier alpha value is -1.53. The molecule has 6 heteroatoms. The van der Waals surface area contributed by atoms with Crippen LogP contribution in [0.15, 0.2) is 39.7 Å². The van der Waals surface area contributed by atoms with Crippen LogP contribution in [0.1, 0.15) is 77.7 Å². The third kappa shape index (κ3) is 3.63. The molecule has 0 aromatic carbocycles. The van der Waals surface area contributed by atoms with Crippen LogP contribution in [0.4, 0.5) is 0 Å². The Labute approximate surface area is 205 Å². The number of carbonyl (C=O) groups excluding carboxylic acids is 1. The molecule has 178 valence electrons. The van der Waals surface area contributed by atoms with E-state index in [4.69, 9.17) is 4.84 Å². The highest BCUT2D eigenvalue weighted by atomic mass is 79.9. The lowest BCUT2D eigenvalue weighted by Gasteiger charge is -2.59. The van der Waals surface area contributed by atoms with Crippen molar-refractivity contribution in [2.75, 3.05) is 0 Å². The quantitative estimate of drug-likeness (QED) is 0.500. The van der Waals surface area contributed by atoms with Crippen molar-refractivity contribution < 1.29 is 14.7 Å². The third-order valence-corrected chi connectivity index (χ3v) is 10.3. The van der Waals surface area contributed by atoms with Crippen LogP contribution in [-0.4, -0.2) is 27.2 Å². The van der Waals surface area contributed by atoms with Crippen LogP contribution >= 0.6 is 15.9 Å². The number of ketones is 1. The number of carbonyl (C=O) groups is 1. The van der Waals surface area contributed by atoms with Crippen molar-refractivity contribution in [2.24, 2.45) is 33.7 Å². The molecule has 5 rings (SSSR count). The van der Waals surface area contributed by atoms with Crippen molar-refractivity contribution in [3.8, 4) is 0 Å². The minimum Gasteiger partial charge on any atom is -0.391 e. The molecule has 1 N–H and O–H groups in total. The number of hydrogen-bond acceptors (Lipinski definition) is 5. The summed E-state index contributed by atoms with van der Waals surface area (Å²) in [7, 11) is 0. The minimum atomic E-state index is -1.13. The van der Waals surface area contributed by atoms with Crippen LogP contribution in [0.2, 0.25) is 0 Å². The molecule has 0 aliphatic heterocycles. The molecule has 0 radical (unpaired) electrons. The van der Waals surface area contributed by atoms with E-state index < -0.39 is 5.60 Å². The number of hydrogen-bond donors (Lipinski definition) is 1. The zero-order valence-corrected chi connectivity index (χ0v) is 21.5. The van der Waals surface area contributed by atoms with Crippen LogP contribution < -0.4 is 0 Å². The van der Waals surface area contributed by atoms with Gasteiger partial charge in [0.05, 0.1) is 5.71 Å². The first-order valence-corrected chi connectivity index (χ1v) is 13.2. The predicted octanol–water partition coefficient (Wildman–Crippen LogP) is 6.00. The largest absolute Gasteiger partial charge is 0.391 e. The van der Waals surface area contributed by atoms with Gasteiger partial charge in [-0.1, -0.05) is 24.6 Å². The second kappa shape index (κ2) is 8.30. The van der Waals surface area contributed by atoms with Crippen molar-refractivity contribution in [3.63, 3.8) is 0 Å². The molecule has 4 aliphatic rings. The second-order valence-electron chi connectivity index (χ2n) is 11.3. The maximum atomic E-state index is 12.4. The van der Waals surface area contributed by atoms with Gasteiger partial charge < -0.3 is 9.94 Å². The fraction of sp³-hybridized carbons (Fsp3) is 0.667. The molecule has 3 saturated carbocycles. The summed E-state index contributed by atoms with van der Waals surface area (Å²) in [5.74, 6) is 1.63. The first-order chi connectivity index (χ1) is 15.7. The summed E-state index contributed by atoms with van der Waals surface area (Å²) in [5, 5.41) is 15.8. The number of aromatic nitrogens is 1. The molecule has 0 spiro atoms. The molecule has 1 aromatic heterocycles. The minimum absolute atomic E-state index is 0.0364. The predicted molar refractivity (Wildman–Crippen MR) is 131 cm³/mol. The Bertz CT molecular complexity index is 1020. The summed E-state index contributed by atoms with van der Waals surface area (Å²) in [5.41, 5.74) is 2.34. The number of allylic oxidation sites excluding steroid dienone is 2. The molecule has 4 aliphatic carbocycles. The molecule has 33 heavy (non-hydrogen) atoms. The number of oxime groups is 1. The lowest BCUT2D eigenvalue weighted by molar-refractivity contribution is -0.159. The highest BCUT2D eigenvalue weighted by Gasteiger charge is 2.65. The fourth-order valence-corrected chi connectivity index (χ4v) is 8.37. The maximum absolute atomic E-state index is 12.4. The SMILES string of the molecule is CC(=O)[C@@]1(O)CC[C@H]2[C@@H]3CCC4=C/C(=N/OCc5cncc(Br)c5)CC[C@]4(C)[C@H]3CC[C@@]21C. The molecule has 0 bridgehead atoms. The number of halogens is 1. The first kappa shape index (κ1) is 23.2. The van der Waals surface area contributed by atoms with Gasteiger partial charge in [0.15, 0.2) is 5.78 Å². The molecule has 5 nitrogen and oxygen atoms in total. The zero-order valence-electron chi connectivity index (χ0n) is 19.9. The Balaban J connectivity index is 1.32. The zero-order chi connectivity index (χ0) is 23.4. The normalized spacial score (nSPS) is 41.1. The molecular formula is C27H35BrN2O3. The van der Waals surface area contributed by atoms with Crippen molar-refractivity contribution in [2.45, 2.75) is 84.3 Å². The van der Waals surface area contributed by atoms with Crippen LogP contribution in [0.25, 0.3) is 0 Å². The Morgan fingerprint density at radius 2 is 1.97 bits per heavy atom.